The molecule has 0 amide bonds. The van der Waals surface area contributed by atoms with Gasteiger partial charge in [0.1, 0.15) is 36.4 Å². The molecule has 0 aliphatic heterocycles. The molecule has 41 heavy (non-hydrogen) atoms. The maximum absolute atomic E-state index is 15.1. The summed E-state index contributed by atoms with van der Waals surface area (Å²) >= 11 is 0. The number of halogens is 1. The predicted molar refractivity (Wildman–Crippen MR) is 136 cm³/mol. The zero-order valence-electron chi connectivity index (χ0n) is 22.9. The van der Waals surface area contributed by atoms with Crippen molar-refractivity contribution in [2.45, 2.75) is 20.1 Å². The molecule has 14 heteroatoms. The molecule has 0 spiro atoms. The molecule has 0 N–H and O–H groups in total. The average Bonchev–Trinajstić information content (AvgIpc) is 2.91. The Morgan fingerprint density at radius 2 is 1.61 bits per heavy atom. The summed E-state index contributed by atoms with van der Waals surface area (Å²) in [7, 11) is -3.75. The van der Waals surface area contributed by atoms with E-state index >= 15 is 4.39 Å². The van der Waals surface area contributed by atoms with Crippen molar-refractivity contribution in [3.05, 3.63) is 88.5 Å². The molecule has 0 aliphatic rings. The van der Waals surface area contributed by atoms with Crippen LogP contribution in [0.1, 0.15) is 23.7 Å². The number of ether oxygens (including phenoxy) is 3. The molecule has 0 saturated heterocycles. The van der Waals surface area contributed by atoms with Crippen molar-refractivity contribution in [2.75, 3.05) is 13.7 Å². The summed E-state index contributed by atoms with van der Waals surface area (Å²) in [4.78, 5) is 47.7. The Kier molecular flexibility index (Phi) is 13.1. The minimum atomic E-state index is -5.25. The van der Waals surface area contributed by atoms with Crippen LogP contribution in [0.5, 0.6) is 17.2 Å². The number of phosphoric ester groups is 1. The first-order valence-electron chi connectivity index (χ1n) is 11.7. The SMILES string of the molecule is CCCOc1ccc(F)c2c(=O)c(-c3ccc(OC)cc3)cn(COC(=O)c3ccc(OP(=O)([O-])[O-])cc3)c12.[Na+].[Na+]. The third-order valence-corrected chi connectivity index (χ3v) is 6.07. The van der Waals surface area contributed by atoms with Gasteiger partial charge in [-0.15, -0.1) is 0 Å². The number of phosphoric acid groups is 1. The Morgan fingerprint density at radius 3 is 2.20 bits per heavy atom. The molecule has 4 rings (SSSR count). The van der Waals surface area contributed by atoms with Gasteiger partial charge in [0.05, 0.1) is 24.7 Å². The number of nitrogens with zero attached hydrogens (tertiary/aromatic N) is 1. The third-order valence-electron chi connectivity index (χ3n) is 5.64. The van der Waals surface area contributed by atoms with Crippen molar-refractivity contribution in [2.24, 2.45) is 0 Å². The Balaban J connectivity index is 0.00000294. The molecule has 3 aromatic carbocycles. The molecular weight excluding hydrogens is 578 g/mol. The van der Waals surface area contributed by atoms with Gasteiger partial charge < -0.3 is 37.7 Å². The van der Waals surface area contributed by atoms with E-state index in [9.17, 15) is 23.9 Å². The summed E-state index contributed by atoms with van der Waals surface area (Å²) in [5.41, 5.74) is 0.231. The standard InChI is InChI=1S/C27H25FNO9P.2Na/c1-3-14-36-23-13-12-22(28)24-25(23)29(15-21(26(24)30)17-4-8-19(35-2)9-5-17)16-37-27(31)18-6-10-20(11-7-18)38-39(32,33)34;;/h4-13,15H,3,14,16H2,1-2H3,(H2,32,33,34);;/q;2*+1/p-2. The summed E-state index contributed by atoms with van der Waals surface area (Å²) < 4.78 is 47.9. The minimum Gasteiger partial charge on any atom is -0.780 e. The van der Waals surface area contributed by atoms with E-state index in [1.807, 2.05) is 6.92 Å². The molecule has 0 radical (unpaired) electrons. The van der Waals surface area contributed by atoms with Crippen LogP contribution in [-0.2, 0) is 16.0 Å². The van der Waals surface area contributed by atoms with Crippen molar-refractivity contribution >= 4 is 24.7 Å². The van der Waals surface area contributed by atoms with Gasteiger partial charge >= 0.3 is 65.1 Å². The molecule has 0 unspecified atom stereocenters. The van der Waals surface area contributed by atoms with Crippen LogP contribution in [0.4, 0.5) is 4.39 Å². The fourth-order valence-electron chi connectivity index (χ4n) is 3.86. The first-order valence-corrected chi connectivity index (χ1v) is 13.2. The van der Waals surface area contributed by atoms with Crippen LogP contribution < -0.4 is 88.3 Å². The largest absolute Gasteiger partial charge is 1.00 e. The molecule has 0 fully saturated rings. The average molecular weight is 601 g/mol. The zero-order valence-corrected chi connectivity index (χ0v) is 27.8. The van der Waals surface area contributed by atoms with Crippen LogP contribution in [0.2, 0.25) is 0 Å². The van der Waals surface area contributed by atoms with Crippen LogP contribution in [0.15, 0.2) is 71.7 Å². The smallest absolute Gasteiger partial charge is 0.780 e. The van der Waals surface area contributed by atoms with Gasteiger partial charge in [0.15, 0.2) is 12.2 Å². The Labute approximate surface area is 279 Å². The van der Waals surface area contributed by atoms with Crippen LogP contribution in [0.25, 0.3) is 22.0 Å². The molecule has 4 aromatic rings. The number of methoxy groups -OCH3 is 1. The molecule has 0 bridgehead atoms. The van der Waals surface area contributed by atoms with E-state index in [-0.39, 0.29) is 92.6 Å². The van der Waals surface area contributed by atoms with E-state index in [1.165, 1.54) is 36.1 Å². The maximum Gasteiger partial charge on any atom is 1.00 e. The van der Waals surface area contributed by atoms with E-state index in [2.05, 4.69) is 4.52 Å². The Hall–Kier alpha value is -2.18. The fraction of sp³-hybridized carbons (Fsp3) is 0.185. The van der Waals surface area contributed by atoms with Crippen molar-refractivity contribution in [3.63, 3.8) is 0 Å². The monoisotopic (exact) mass is 601 g/mol. The van der Waals surface area contributed by atoms with Crippen LogP contribution >= 0.6 is 7.82 Å². The molecule has 1 heterocycles. The zero-order chi connectivity index (χ0) is 28.2. The molecule has 0 aliphatic carbocycles. The third kappa shape index (κ3) is 8.67. The molecule has 10 nitrogen and oxygen atoms in total. The van der Waals surface area contributed by atoms with Gasteiger partial charge in [-0.25, -0.2) is 9.18 Å². The van der Waals surface area contributed by atoms with Gasteiger partial charge in [-0.05, 0) is 60.5 Å². The van der Waals surface area contributed by atoms with Crippen molar-refractivity contribution in [1.82, 2.24) is 4.57 Å². The quantitative estimate of drug-likeness (QED) is 0.111. The second kappa shape index (κ2) is 15.3. The number of fused-ring (bicyclic) bond motifs is 1. The van der Waals surface area contributed by atoms with Gasteiger partial charge in [0.2, 0.25) is 0 Å². The number of esters is 1. The number of benzene rings is 3. The van der Waals surface area contributed by atoms with E-state index < -0.39 is 31.8 Å². The Morgan fingerprint density at radius 1 is 0.976 bits per heavy atom. The van der Waals surface area contributed by atoms with Crippen LogP contribution in [-0.4, -0.2) is 24.3 Å². The van der Waals surface area contributed by atoms with E-state index in [1.54, 1.807) is 24.3 Å². The number of carbonyl (C=O) groups excluding carboxylic acids is 1. The molecule has 0 saturated carbocycles. The van der Waals surface area contributed by atoms with Crippen molar-refractivity contribution in [3.8, 4) is 28.4 Å². The Bertz CT molecular complexity index is 1610. The van der Waals surface area contributed by atoms with Gasteiger partial charge in [0.25, 0.3) is 0 Å². The summed E-state index contributed by atoms with van der Waals surface area (Å²) in [5, 5.41) is -0.228. The second-order valence-corrected chi connectivity index (χ2v) is 9.39. The van der Waals surface area contributed by atoms with Crippen LogP contribution in [0.3, 0.4) is 0 Å². The topological polar surface area (TPSA) is 139 Å². The summed E-state index contributed by atoms with van der Waals surface area (Å²) in [6.07, 6.45) is 2.12. The first-order chi connectivity index (χ1) is 18.6. The number of pyridine rings is 1. The summed E-state index contributed by atoms with van der Waals surface area (Å²) in [6, 6.07) is 13.9. The van der Waals surface area contributed by atoms with Crippen molar-refractivity contribution in [1.29, 1.82) is 0 Å². The van der Waals surface area contributed by atoms with Gasteiger partial charge in [-0.1, -0.05) is 19.1 Å². The van der Waals surface area contributed by atoms with E-state index in [0.29, 0.717) is 24.3 Å². The van der Waals surface area contributed by atoms with E-state index in [4.69, 9.17) is 14.2 Å². The van der Waals surface area contributed by atoms with Crippen LogP contribution in [0, 0.1) is 5.82 Å². The summed E-state index contributed by atoms with van der Waals surface area (Å²) in [5.74, 6) is -1.02. The summed E-state index contributed by atoms with van der Waals surface area (Å²) in [6.45, 7) is 1.79. The van der Waals surface area contributed by atoms with Crippen molar-refractivity contribution < 1.29 is 101 Å². The van der Waals surface area contributed by atoms with Gasteiger partial charge in [-0.3, -0.25) is 4.79 Å². The normalized spacial score (nSPS) is 10.8. The number of hydrogen-bond acceptors (Lipinski definition) is 9. The molecule has 204 valence electrons. The first kappa shape index (κ1) is 35.0. The van der Waals surface area contributed by atoms with Gasteiger partial charge in [0, 0.05) is 11.8 Å². The van der Waals surface area contributed by atoms with E-state index in [0.717, 1.165) is 18.2 Å². The fourth-order valence-corrected chi connectivity index (χ4v) is 4.24. The molecule has 1 aromatic heterocycles. The molecule has 0 atom stereocenters. The molecular formula is C27H23FNNa2O9P. The maximum atomic E-state index is 15.1. The second-order valence-electron chi connectivity index (χ2n) is 8.31. The number of rotatable bonds is 10. The number of aromatic nitrogens is 1. The number of carbonyl (C=O) groups is 1. The number of hydrogen-bond donors (Lipinski definition) is 0. The van der Waals surface area contributed by atoms with Gasteiger partial charge in [-0.2, -0.15) is 0 Å². The predicted octanol–water partition coefficient (Wildman–Crippen LogP) is -2.36. The minimum absolute atomic E-state index is 0.